The smallest absolute Gasteiger partial charge is 0.389 e. The molecule has 0 aliphatic heterocycles. The second-order valence-electron chi connectivity index (χ2n) is 10.7. The number of methoxy groups -OCH3 is 1. The number of hydrogen-bond acceptors (Lipinski definition) is 11. The van der Waals surface area contributed by atoms with E-state index in [4.69, 9.17) is 23.7 Å². The molecule has 0 aliphatic rings. The molecule has 13 nitrogen and oxygen atoms in total. The van der Waals surface area contributed by atoms with Crippen LogP contribution in [0.25, 0.3) is 6.08 Å². The first-order valence-corrected chi connectivity index (χ1v) is 15.4. The van der Waals surface area contributed by atoms with Gasteiger partial charge in [-0.05, 0) is 73.2 Å². The number of benzene rings is 3. The van der Waals surface area contributed by atoms with Gasteiger partial charge >= 0.3 is 18.1 Å². The predicted octanol–water partition coefficient (Wildman–Crippen LogP) is 7.79. The van der Waals surface area contributed by atoms with E-state index in [1.165, 1.54) is 55.7 Å². The highest BCUT2D eigenvalue weighted by Gasteiger charge is 2.26. The quantitative estimate of drug-likeness (QED) is 0.0281. The second kappa shape index (κ2) is 19.5. The summed E-state index contributed by atoms with van der Waals surface area (Å²) in [5.74, 6) is -0.630. The van der Waals surface area contributed by atoms with Crippen LogP contribution in [0.4, 0.5) is 24.5 Å². The summed E-state index contributed by atoms with van der Waals surface area (Å²) in [6.45, 7) is 0.398. The van der Waals surface area contributed by atoms with E-state index in [1.54, 1.807) is 18.2 Å². The summed E-state index contributed by atoms with van der Waals surface area (Å²) in [6, 6.07) is 13.9. The largest absolute Gasteiger partial charge is 0.493 e. The van der Waals surface area contributed by atoms with Gasteiger partial charge < -0.3 is 23.7 Å². The zero-order valence-electron chi connectivity index (χ0n) is 27.0. The van der Waals surface area contributed by atoms with Gasteiger partial charge in [0.25, 0.3) is 11.4 Å². The van der Waals surface area contributed by atoms with Crippen LogP contribution in [-0.2, 0) is 20.9 Å². The molecule has 0 radical (unpaired) electrons. The minimum absolute atomic E-state index is 0.00380. The molecule has 0 fully saturated rings. The number of esters is 2. The molecule has 0 saturated heterocycles. The monoisotopic (exact) mass is 704 g/mol. The van der Waals surface area contributed by atoms with Gasteiger partial charge in [-0.3, -0.25) is 20.2 Å². The Hall–Kier alpha value is -5.51. The molecule has 0 heterocycles. The zero-order valence-corrected chi connectivity index (χ0v) is 27.0. The Labute approximate surface area is 284 Å². The summed E-state index contributed by atoms with van der Waals surface area (Å²) in [6.07, 6.45) is 0.190. The Morgan fingerprint density at radius 1 is 0.800 bits per heavy atom. The molecule has 0 bridgehead atoms. The second-order valence-corrected chi connectivity index (χ2v) is 10.7. The molecule has 16 heteroatoms. The first-order chi connectivity index (χ1) is 23.8. The Morgan fingerprint density at radius 2 is 1.46 bits per heavy atom. The van der Waals surface area contributed by atoms with Crippen molar-refractivity contribution >= 4 is 29.4 Å². The first-order valence-electron chi connectivity index (χ1n) is 15.4. The van der Waals surface area contributed by atoms with Gasteiger partial charge in [0.05, 0.1) is 48.4 Å². The summed E-state index contributed by atoms with van der Waals surface area (Å²) in [5.41, 5.74) is 0.374. The van der Waals surface area contributed by atoms with Gasteiger partial charge in [0.2, 0.25) is 0 Å². The van der Waals surface area contributed by atoms with Crippen molar-refractivity contribution in [3.63, 3.8) is 0 Å². The van der Waals surface area contributed by atoms with Crippen LogP contribution in [0.15, 0.2) is 66.7 Å². The number of unbranched alkanes of at least 4 members (excludes halogenated alkanes) is 3. The third-order valence-corrected chi connectivity index (χ3v) is 6.84. The maximum Gasteiger partial charge on any atom is 0.389 e. The number of carbonyl (C=O) groups is 2. The zero-order chi connectivity index (χ0) is 36.5. The van der Waals surface area contributed by atoms with Crippen LogP contribution in [0.1, 0.15) is 60.0 Å². The average molecular weight is 705 g/mol. The lowest BCUT2D eigenvalue weighted by molar-refractivity contribution is -0.394. The van der Waals surface area contributed by atoms with Gasteiger partial charge in [0.15, 0.2) is 11.5 Å². The third-order valence-electron chi connectivity index (χ3n) is 6.84. The number of nitro groups is 2. The Bertz CT molecular complexity index is 1610. The normalized spacial score (nSPS) is 11.3. The molecule has 3 aromatic rings. The van der Waals surface area contributed by atoms with Crippen LogP contribution < -0.4 is 14.2 Å². The Kier molecular flexibility index (Phi) is 15.2. The van der Waals surface area contributed by atoms with Crippen molar-refractivity contribution in [2.75, 3.05) is 26.9 Å². The van der Waals surface area contributed by atoms with Crippen molar-refractivity contribution in [2.24, 2.45) is 0 Å². The number of nitrogens with zero attached hydrogens (tertiary/aromatic N) is 2. The molecule has 0 aliphatic carbocycles. The molecule has 50 heavy (non-hydrogen) atoms. The van der Waals surface area contributed by atoms with Crippen molar-refractivity contribution in [3.05, 3.63) is 104 Å². The Morgan fingerprint density at radius 3 is 2.08 bits per heavy atom. The summed E-state index contributed by atoms with van der Waals surface area (Å²) >= 11 is 0. The molecule has 0 N–H and O–H groups in total. The van der Waals surface area contributed by atoms with Crippen molar-refractivity contribution in [3.8, 4) is 17.2 Å². The lowest BCUT2D eigenvalue weighted by atomic mass is 10.2. The fraction of sp³-hybridized carbons (Fsp3) is 0.353. The molecular weight excluding hydrogens is 669 g/mol. The van der Waals surface area contributed by atoms with E-state index < -0.39 is 34.4 Å². The lowest BCUT2D eigenvalue weighted by Crippen LogP contribution is -2.11. The number of rotatable bonds is 20. The average Bonchev–Trinajstić information content (AvgIpc) is 3.08. The van der Waals surface area contributed by atoms with E-state index in [1.807, 2.05) is 0 Å². The minimum atomic E-state index is -4.27. The molecule has 3 aromatic carbocycles. The maximum atomic E-state index is 12.6. The summed E-state index contributed by atoms with van der Waals surface area (Å²) in [5, 5.41) is 22.0. The number of ether oxygens (including phenoxy) is 5. The highest BCUT2D eigenvalue weighted by atomic mass is 19.4. The van der Waals surface area contributed by atoms with Crippen molar-refractivity contribution < 1.29 is 56.3 Å². The molecule has 0 aromatic heterocycles. The molecule has 3 rings (SSSR count). The maximum absolute atomic E-state index is 12.6. The minimum Gasteiger partial charge on any atom is -0.493 e. The third kappa shape index (κ3) is 13.9. The van der Waals surface area contributed by atoms with Crippen LogP contribution in [0.3, 0.4) is 0 Å². The van der Waals surface area contributed by atoms with Crippen LogP contribution >= 0.6 is 0 Å². The Balaban J connectivity index is 1.32. The first kappa shape index (κ1) is 38.9. The molecule has 0 amide bonds. The van der Waals surface area contributed by atoms with E-state index in [2.05, 4.69) is 0 Å². The van der Waals surface area contributed by atoms with E-state index in [-0.39, 0.29) is 60.4 Å². The number of nitro benzene ring substituents is 2. The van der Waals surface area contributed by atoms with Crippen molar-refractivity contribution in [2.45, 2.75) is 51.3 Å². The van der Waals surface area contributed by atoms with Crippen molar-refractivity contribution in [1.29, 1.82) is 0 Å². The van der Waals surface area contributed by atoms with Crippen LogP contribution in [0.2, 0.25) is 0 Å². The van der Waals surface area contributed by atoms with Crippen molar-refractivity contribution in [1.82, 2.24) is 0 Å². The predicted molar refractivity (Wildman–Crippen MR) is 173 cm³/mol. The van der Waals surface area contributed by atoms with Gasteiger partial charge in [-0.2, -0.15) is 13.2 Å². The van der Waals surface area contributed by atoms with Gasteiger partial charge in [0, 0.05) is 31.2 Å². The molecule has 0 spiro atoms. The van der Waals surface area contributed by atoms with Crippen LogP contribution in [-0.4, -0.2) is 54.9 Å². The molecular formula is C34H35F3N2O11. The van der Waals surface area contributed by atoms with Gasteiger partial charge in [-0.1, -0.05) is 18.6 Å². The molecule has 268 valence electrons. The van der Waals surface area contributed by atoms with Crippen LogP contribution in [0.5, 0.6) is 17.2 Å². The van der Waals surface area contributed by atoms with E-state index in [0.717, 1.165) is 18.9 Å². The topological polar surface area (TPSA) is 167 Å². The van der Waals surface area contributed by atoms with E-state index in [9.17, 15) is 43.0 Å². The fourth-order valence-corrected chi connectivity index (χ4v) is 4.37. The van der Waals surface area contributed by atoms with E-state index >= 15 is 0 Å². The lowest BCUT2D eigenvalue weighted by Gasteiger charge is -2.12. The number of alkyl halides is 3. The fourth-order valence-electron chi connectivity index (χ4n) is 4.37. The molecule has 0 atom stereocenters. The highest BCUT2D eigenvalue weighted by molar-refractivity contribution is 5.92. The summed E-state index contributed by atoms with van der Waals surface area (Å²) in [4.78, 5) is 45.3. The van der Waals surface area contributed by atoms with Crippen LogP contribution in [0, 0.1) is 20.2 Å². The summed E-state index contributed by atoms with van der Waals surface area (Å²) in [7, 11) is 1.34. The number of non-ortho nitro benzene ring substituents is 2. The highest BCUT2D eigenvalue weighted by Crippen LogP contribution is 2.30. The standard InChI is InChI=1S/C34H35F3N2O11/c1-46-31-21-26(10-13-30(31)48-18-6-15-34(35,36)37)33(41)50-29-11-7-24(8-12-29)9-14-32(40)49-17-5-3-2-4-16-47-23-25-19-27(38(42)43)22-28(20-25)39(44)45/h7-14,19-22H,2-6,15-18,23H2,1H3/b14-9+. The number of halogens is 3. The number of carbonyl (C=O) groups excluding carboxylic acids is 2. The summed E-state index contributed by atoms with van der Waals surface area (Å²) < 4.78 is 63.6. The molecule has 0 saturated carbocycles. The van der Waals surface area contributed by atoms with Gasteiger partial charge in [-0.15, -0.1) is 0 Å². The SMILES string of the molecule is COc1cc(C(=O)Oc2ccc(/C=C/C(=O)OCCCCCCOCc3cc([N+](=O)[O-])cc([N+](=O)[O-])c3)cc2)ccc1OCCCC(F)(F)F. The van der Waals surface area contributed by atoms with E-state index in [0.29, 0.717) is 30.6 Å². The van der Waals surface area contributed by atoms with Gasteiger partial charge in [0.1, 0.15) is 5.75 Å². The van der Waals surface area contributed by atoms with Gasteiger partial charge in [-0.25, -0.2) is 9.59 Å². The molecule has 0 unspecified atom stereocenters. The number of hydrogen-bond donors (Lipinski definition) is 0.